The molecule has 0 aliphatic heterocycles. The average molecular weight is 278 g/mol. The lowest BCUT2D eigenvalue weighted by atomic mass is 10.2. The van der Waals surface area contributed by atoms with Gasteiger partial charge in [0.15, 0.2) is 10.8 Å². The number of nitrogens with one attached hydrogen (secondary N) is 1. The lowest BCUT2D eigenvalue weighted by Crippen LogP contribution is -1.99. The smallest absolute Gasteiger partial charge is 0.355 e. The van der Waals surface area contributed by atoms with Gasteiger partial charge in [-0.1, -0.05) is 6.07 Å². The highest BCUT2D eigenvalue weighted by Crippen LogP contribution is 2.31. The minimum absolute atomic E-state index is 0.0825. The summed E-state index contributed by atoms with van der Waals surface area (Å²) in [5.41, 5.74) is 1.93. The third-order valence-electron chi connectivity index (χ3n) is 2.60. The number of rotatable bonds is 4. The second kappa shape index (κ2) is 5.27. The zero-order valence-electron chi connectivity index (χ0n) is 10.9. The van der Waals surface area contributed by atoms with Crippen molar-refractivity contribution in [1.82, 2.24) is 4.98 Å². The molecule has 2 aromatic rings. The topological polar surface area (TPSA) is 71.5 Å². The van der Waals surface area contributed by atoms with E-state index in [-0.39, 0.29) is 5.69 Å². The zero-order chi connectivity index (χ0) is 14.0. The SMILES string of the molecule is COc1ccc(C)cc1Nc1nc(C(=O)O)c(C)s1. The summed E-state index contributed by atoms with van der Waals surface area (Å²) in [7, 11) is 1.59. The quantitative estimate of drug-likeness (QED) is 0.898. The number of hydrogen-bond acceptors (Lipinski definition) is 5. The molecule has 100 valence electrons. The Morgan fingerprint density at radius 1 is 1.42 bits per heavy atom. The maximum Gasteiger partial charge on any atom is 0.355 e. The van der Waals surface area contributed by atoms with E-state index in [1.807, 2.05) is 25.1 Å². The molecule has 19 heavy (non-hydrogen) atoms. The summed E-state index contributed by atoms with van der Waals surface area (Å²) in [6.45, 7) is 3.71. The number of benzene rings is 1. The Morgan fingerprint density at radius 2 is 2.16 bits per heavy atom. The van der Waals surface area contributed by atoms with Crippen molar-refractivity contribution in [3.05, 3.63) is 34.3 Å². The van der Waals surface area contributed by atoms with Crippen molar-refractivity contribution in [3.63, 3.8) is 0 Å². The number of methoxy groups -OCH3 is 1. The summed E-state index contributed by atoms with van der Waals surface area (Å²) in [5, 5.41) is 12.6. The number of aromatic carboxylic acids is 1. The highest BCUT2D eigenvalue weighted by molar-refractivity contribution is 7.15. The summed E-state index contributed by atoms with van der Waals surface area (Å²) >= 11 is 1.30. The lowest BCUT2D eigenvalue weighted by molar-refractivity contribution is 0.0690. The summed E-state index contributed by atoms with van der Waals surface area (Å²) in [5.74, 6) is -0.326. The number of aryl methyl sites for hydroxylation is 2. The van der Waals surface area contributed by atoms with Crippen molar-refractivity contribution in [2.24, 2.45) is 0 Å². The molecule has 1 aromatic carbocycles. The predicted molar refractivity (Wildman–Crippen MR) is 74.8 cm³/mol. The third kappa shape index (κ3) is 2.85. The van der Waals surface area contributed by atoms with E-state index in [0.717, 1.165) is 11.3 Å². The Labute approximate surface area is 114 Å². The van der Waals surface area contributed by atoms with E-state index in [0.29, 0.717) is 15.8 Å². The average Bonchev–Trinajstić information content (AvgIpc) is 2.71. The zero-order valence-corrected chi connectivity index (χ0v) is 11.7. The molecule has 0 atom stereocenters. The molecule has 2 rings (SSSR count). The van der Waals surface area contributed by atoms with E-state index >= 15 is 0 Å². The first kappa shape index (κ1) is 13.4. The van der Waals surface area contributed by atoms with Gasteiger partial charge in [-0.3, -0.25) is 0 Å². The molecule has 0 saturated carbocycles. The van der Waals surface area contributed by atoms with Crippen LogP contribution in [0.1, 0.15) is 20.9 Å². The van der Waals surface area contributed by atoms with E-state index in [9.17, 15) is 4.79 Å². The van der Waals surface area contributed by atoms with Gasteiger partial charge < -0.3 is 15.2 Å². The first-order valence-corrected chi connectivity index (χ1v) is 6.45. The highest BCUT2D eigenvalue weighted by atomic mass is 32.1. The van der Waals surface area contributed by atoms with E-state index in [4.69, 9.17) is 9.84 Å². The molecule has 0 amide bonds. The van der Waals surface area contributed by atoms with Crippen molar-refractivity contribution >= 4 is 28.1 Å². The van der Waals surface area contributed by atoms with E-state index < -0.39 is 5.97 Å². The standard InChI is InChI=1S/C13H14N2O3S/c1-7-4-5-10(18-3)9(6-7)14-13-15-11(12(16)17)8(2)19-13/h4-6H,1-3H3,(H,14,15)(H,16,17). The molecular formula is C13H14N2O3S. The van der Waals surface area contributed by atoms with E-state index in [2.05, 4.69) is 10.3 Å². The van der Waals surface area contributed by atoms with Gasteiger partial charge >= 0.3 is 5.97 Å². The number of carboxylic acids is 1. The molecule has 0 saturated heterocycles. The van der Waals surface area contributed by atoms with Crippen molar-refractivity contribution in [2.45, 2.75) is 13.8 Å². The summed E-state index contributed by atoms with van der Waals surface area (Å²) in [4.78, 5) is 15.7. The van der Waals surface area contributed by atoms with Crippen LogP contribution in [0.4, 0.5) is 10.8 Å². The predicted octanol–water partition coefficient (Wildman–Crippen LogP) is 3.21. The third-order valence-corrected chi connectivity index (χ3v) is 3.48. The minimum Gasteiger partial charge on any atom is -0.495 e. The number of carbonyl (C=O) groups is 1. The second-order valence-electron chi connectivity index (χ2n) is 4.06. The Bertz CT molecular complexity index is 622. The van der Waals surface area contributed by atoms with Crippen LogP contribution in [0.5, 0.6) is 5.75 Å². The number of hydrogen-bond donors (Lipinski definition) is 2. The molecule has 5 nitrogen and oxygen atoms in total. The molecule has 0 aliphatic rings. The molecule has 0 fully saturated rings. The Balaban J connectivity index is 2.33. The summed E-state index contributed by atoms with van der Waals surface area (Å²) in [6.07, 6.45) is 0. The molecule has 0 bridgehead atoms. The van der Waals surface area contributed by atoms with Crippen LogP contribution in [0.25, 0.3) is 0 Å². The van der Waals surface area contributed by atoms with Gasteiger partial charge in [-0.25, -0.2) is 9.78 Å². The van der Waals surface area contributed by atoms with Crippen LogP contribution in [0.2, 0.25) is 0 Å². The van der Waals surface area contributed by atoms with E-state index in [1.54, 1.807) is 14.0 Å². The fourth-order valence-electron chi connectivity index (χ4n) is 1.68. The maximum atomic E-state index is 11.0. The second-order valence-corrected chi connectivity index (χ2v) is 5.26. The minimum atomic E-state index is -1.02. The van der Waals surface area contributed by atoms with Crippen LogP contribution in [0, 0.1) is 13.8 Å². The molecule has 6 heteroatoms. The van der Waals surface area contributed by atoms with Crippen LogP contribution in [0.15, 0.2) is 18.2 Å². The van der Waals surface area contributed by atoms with Gasteiger partial charge in [0.25, 0.3) is 0 Å². The molecule has 1 aromatic heterocycles. The molecule has 0 unspecified atom stereocenters. The first-order chi connectivity index (χ1) is 9.01. The summed E-state index contributed by atoms with van der Waals surface area (Å²) < 4.78 is 5.26. The van der Waals surface area contributed by atoms with Crippen molar-refractivity contribution in [3.8, 4) is 5.75 Å². The van der Waals surface area contributed by atoms with Crippen LogP contribution < -0.4 is 10.1 Å². The number of nitrogens with zero attached hydrogens (tertiary/aromatic N) is 1. The molecule has 1 heterocycles. The normalized spacial score (nSPS) is 10.3. The summed E-state index contributed by atoms with van der Waals surface area (Å²) in [6, 6.07) is 5.73. The molecule has 2 N–H and O–H groups in total. The Hall–Kier alpha value is -2.08. The van der Waals surface area contributed by atoms with Crippen LogP contribution in [-0.4, -0.2) is 23.2 Å². The van der Waals surface area contributed by atoms with Gasteiger partial charge in [-0.2, -0.15) is 0 Å². The van der Waals surface area contributed by atoms with Crippen LogP contribution in [-0.2, 0) is 0 Å². The monoisotopic (exact) mass is 278 g/mol. The fourth-order valence-corrected chi connectivity index (χ4v) is 2.50. The number of thiazole rings is 1. The number of anilines is 2. The number of ether oxygens (including phenoxy) is 1. The van der Waals surface area contributed by atoms with Crippen molar-refractivity contribution in [1.29, 1.82) is 0 Å². The van der Waals surface area contributed by atoms with Gasteiger partial charge in [-0.05, 0) is 31.5 Å². The highest BCUT2D eigenvalue weighted by Gasteiger charge is 2.15. The largest absolute Gasteiger partial charge is 0.495 e. The maximum absolute atomic E-state index is 11.0. The van der Waals surface area contributed by atoms with Crippen molar-refractivity contribution < 1.29 is 14.6 Å². The Morgan fingerprint density at radius 3 is 2.74 bits per heavy atom. The van der Waals surface area contributed by atoms with E-state index in [1.165, 1.54) is 11.3 Å². The molecule has 0 radical (unpaired) electrons. The fraction of sp³-hybridized carbons (Fsp3) is 0.231. The van der Waals surface area contributed by atoms with Gasteiger partial charge in [0, 0.05) is 4.88 Å². The lowest BCUT2D eigenvalue weighted by Gasteiger charge is -2.09. The molecular weight excluding hydrogens is 264 g/mol. The number of carboxylic acid groups (broad SMARTS) is 1. The Kier molecular flexibility index (Phi) is 3.71. The first-order valence-electron chi connectivity index (χ1n) is 5.63. The van der Waals surface area contributed by atoms with Gasteiger partial charge in [0.1, 0.15) is 5.75 Å². The van der Waals surface area contributed by atoms with Gasteiger partial charge in [-0.15, -0.1) is 11.3 Å². The number of aromatic nitrogens is 1. The van der Waals surface area contributed by atoms with Gasteiger partial charge in [0.2, 0.25) is 0 Å². The molecule has 0 spiro atoms. The van der Waals surface area contributed by atoms with Crippen LogP contribution >= 0.6 is 11.3 Å². The van der Waals surface area contributed by atoms with Crippen molar-refractivity contribution in [2.75, 3.05) is 12.4 Å². The van der Waals surface area contributed by atoms with Gasteiger partial charge in [0.05, 0.1) is 12.8 Å². The van der Waals surface area contributed by atoms with Crippen LogP contribution in [0.3, 0.4) is 0 Å². The molecule has 0 aliphatic carbocycles.